The molecule has 0 unspecified atom stereocenters. The van der Waals surface area contributed by atoms with Gasteiger partial charge in [0.05, 0.1) is 16.5 Å². The first-order valence-corrected chi connectivity index (χ1v) is 5.81. The number of alkyl halides is 3. The lowest BCUT2D eigenvalue weighted by Gasteiger charge is -2.16. The fourth-order valence-electron chi connectivity index (χ4n) is 1.18. The van der Waals surface area contributed by atoms with Gasteiger partial charge in [-0.05, 0) is 39.0 Å². The summed E-state index contributed by atoms with van der Waals surface area (Å²) in [5.41, 5.74) is -1.35. The van der Waals surface area contributed by atoms with E-state index in [-0.39, 0.29) is 0 Å². The number of carbonyl (C=O) groups excluding carboxylic acids is 2. The number of amides is 1. The van der Waals surface area contributed by atoms with Crippen LogP contribution in [0.25, 0.3) is 0 Å². The predicted molar refractivity (Wildman–Crippen MR) is 64.4 cm³/mol. The molecule has 0 aliphatic rings. The van der Waals surface area contributed by atoms with Crippen molar-refractivity contribution in [2.24, 2.45) is 5.41 Å². The quantitative estimate of drug-likeness (QED) is 0.641. The molecule has 8 heteroatoms. The molecule has 0 radical (unpaired) electrons. The fraction of sp³-hybridized carbons (Fsp3) is 0.385. The van der Waals surface area contributed by atoms with Crippen molar-refractivity contribution in [2.75, 3.05) is 0 Å². The maximum Gasteiger partial charge on any atom is 0.416 e. The van der Waals surface area contributed by atoms with Crippen molar-refractivity contribution in [1.82, 2.24) is 5.48 Å². The lowest BCUT2D eigenvalue weighted by Crippen LogP contribution is -2.33. The Morgan fingerprint density at radius 2 is 1.71 bits per heavy atom. The van der Waals surface area contributed by atoms with Gasteiger partial charge in [-0.2, -0.15) is 18.7 Å². The second-order valence-electron chi connectivity index (χ2n) is 5.26. The maximum absolute atomic E-state index is 13.4. The first-order valence-electron chi connectivity index (χ1n) is 5.81. The van der Waals surface area contributed by atoms with Gasteiger partial charge < -0.3 is 4.84 Å². The van der Waals surface area contributed by atoms with Gasteiger partial charge in [-0.25, -0.2) is 9.18 Å². The van der Waals surface area contributed by atoms with Crippen molar-refractivity contribution in [1.29, 1.82) is 0 Å². The van der Waals surface area contributed by atoms with Crippen LogP contribution >= 0.6 is 0 Å². The number of carbonyl (C=O) groups is 2. The molecule has 0 bridgehead atoms. The third kappa shape index (κ3) is 4.44. The van der Waals surface area contributed by atoms with Gasteiger partial charge in [-0.15, -0.1) is 0 Å². The highest BCUT2D eigenvalue weighted by atomic mass is 19.4. The number of hydroxylamine groups is 1. The Balaban J connectivity index is 2.91. The van der Waals surface area contributed by atoms with Crippen LogP contribution in [-0.4, -0.2) is 11.9 Å². The molecule has 0 saturated heterocycles. The summed E-state index contributed by atoms with van der Waals surface area (Å²) in [6.07, 6.45) is -4.72. The summed E-state index contributed by atoms with van der Waals surface area (Å²) in [4.78, 5) is 27.4. The Bertz CT molecular complexity index is 562. The van der Waals surface area contributed by atoms with E-state index in [1.165, 1.54) is 20.8 Å². The van der Waals surface area contributed by atoms with Gasteiger partial charge in [0.15, 0.2) is 0 Å². The Kier molecular flexibility index (Phi) is 4.60. The van der Waals surface area contributed by atoms with Crippen LogP contribution in [0, 0.1) is 11.2 Å². The molecular weight excluding hydrogens is 294 g/mol. The van der Waals surface area contributed by atoms with E-state index in [1.807, 2.05) is 0 Å². The van der Waals surface area contributed by atoms with Gasteiger partial charge >= 0.3 is 12.1 Å². The average Bonchev–Trinajstić information content (AvgIpc) is 2.33. The second kappa shape index (κ2) is 5.71. The van der Waals surface area contributed by atoms with Crippen LogP contribution in [0.5, 0.6) is 0 Å². The summed E-state index contributed by atoms with van der Waals surface area (Å²) < 4.78 is 50.9. The monoisotopic (exact) mass is 307 g/mol. The average molecular weight is 307 g/mol. The van der Waals surface area contributed by atoms with Crippen LogP contribution in [0.4, 0.5) is 17.6 Å². The molecule has 0 spiro atoms. The lowest BCUT2D eigenvalue weighted by molar-refractivity contribution is -0.158. The second-order valence-corrected chi connectivity index (χ2v) is 5.26. The number of hydrogen-bond donors (Lipinski definition) is 1. The summed E-state index contributed by atoms with van der Waals surface area (Å²) in [5.74, 6) is -3.26. The first-order chi connectivity index (χ1) is 9.43. The van der Waals surface area contributed by atoms with Crippen molar-refractivity contribution < 1.29 is 32.0 Å². The minimum Gasteiger partial charge on any atom is -0.340 e. The highest BCUT2D eigenvalue weighted by molar-refractivity contribution is 5.94. The number of halogens is 4. The van der Waals surface area contributed by atoms with Crippen molar-refractivity contribution in [3.63, 3.8) is 0 Å². The molecule has 4 nitrogen and oxygen atoms in total. The van der Waals surface area contributed by atoms with Crippen molar-refractivity contribution >= 4 is 11.9 Å². The Labute approximate surface area is 118 Å². The summed E-state index contributed by atoms with van der Waals surface area (Å²) in [5, 5.41) is 0. The molecule has 1 aromatic rings. The van der Waals surface area contributed by atoms with E-state index < -0.39 is 40.4 Å². The SMILES string of the molecule is CC(C)(C)C(=O)ONC(=O)c1cc(C(F)(F)F)ccc1F. The largest absolute Gasteiger partial charge is 0.416 e. The summed E-state index contributed by atoms with van der Waals surface area (Å²) in [7, 11) is 0. The van der Waals surface area contributed by atoms with Gasteiger partial charge in [-0.1, -0.05) is 0 Å². The Hall–Kier alpha value is -2.12. The van der Waals surface area contributed by atoms with Crippen molar-refractivity contribution in [2.45, 2.75) is 26.9 Å². The van der Waals surface area contributed by atoms with Crippen LogP contribution in [0.15, 0.2) is 18.2 Å². The maximum atomic E-state index is 13.4. The molecule has 1 aromatic carbocycles. The van der Waals surface area contributed by atoms with E-state index in [1.54, 1.807) is 5.48 Å². The van der Waals surface area contributed by atoms with E-state index in [4.69, 9.17) is 0 Å². The van der Waals surface area contributed by atoms with E-state index in [2.05, 4.69) is 4.84 Å². The molecule has 1 N–H and O–H groups in total. The van der Waals surface area contributed by atoms with E-state index >= 15 is 0 Å². The molecule has 0 heterocycles. The number of rotatable bonds is 1. The zero-order chi connectivity index (χ0) is 16.4. The Morgan fingerprint density at radius 3 is 2.19 bits per heavy atom. The molecule has 0 saturated carbocycles. The third-order valence-corrected chi connectivity index (χ3v) is 2.39. The topological polar surface area (TPSA) is 55.4 Å². The third-order valence-electron chi connectivity index (χ3n) is 2.39. The van der Waals surface area contributed by atoms with Gasteiger partial charge in [0.25, 0.3) is 5.91 Å². The number of benzene rings is 1. The van der Waals surface area contributed by atoms with Crippen LogP contribution in [-0.2, 0) is 15.8 Å². The highest BCUT2D eigenvalue weighted by Crippen LogP contribution is 2.30. The summed E-state index contributed by atoms with van der Waals surface area (Å²) in [6.45, 7) is 4.52. The minimum atomic E-state index is -4.72. The van der Waals surface area contributed by atoms with Gasteiger partial charge in [0.2, 0.25) is 0 Å². The zero-order valence-corrected chi connectivity index (χ0v) is 11.5. The molecule has 116 valence electrons. The van der Waals surface area contributed by atoms with Crippen molar-refractivity contribution in [3.05, 3.63) is 35.1 Å². The summed E-state index contributed by atoms with van der Waals surface area (Å²) in [6, 6.07) is 1.37. The molecule has 0 atom stereocenters. The van der Waals surface area contributed by atoms with Crippen LogP contribution < -0.4 is 5.48 Å². The first kappa shape index (κ1) is 16.9. The standard InChI is InChI=1S/C13H13F4NO3/c1-12(2,3)11(20)21-18-10(19)8-6-7(13(15,16)17)4-5-9(8)14/h4-6H,1-3H3,(H,18,19). The molecule has 21 heavy (non-hydrogen) atoms. The van der Waals surface area contributed by atoms with Crippen LogP contribution in [0.1, 0.15) is 36.7 Å². The molecule has 1 amide bonds. The van der Waals surface area contributed by atoms with Crippen LogP contribution in [0.3, 0.4) is 0 Å². The Morgan fingerprint density at radius 1 is 1.14 bits per heavy atom. The molecule has 0 aliphatic carbocycles. The van der Waals surface area contributed by atoms with Gasteiger partial charge in [0, 0.05) is 0 Å². The predicted octanol–water partition coefficient (Wildman–Crippen LogP) is 3.08. The highest BCUT2D eigenvalue weighted by Gasteiger charge is 2.32. The van der Waals surface area contributed by atoms with Gasteiger partial charge in [-0.3, -0.25) is 4.79 Å². The van der Waals surface area contributed by atoms with E-state index in [0.29, 0.717) is 18.2 Å². The smallest absolute Gasteiger partial charge is 0.340 e. The summed E-state index contributed by atoms with van der Waals surface area (Å²) >= 11 is 0. The van der Waals surface area contributed by atoms with E-state index in [9.17, 15) is 27.2 Å². The van der Waals surface area contributed by atoms with Gasteiger partial charge in [0.1, 0.15) is 5.82 Å². The zero-order valence-electron chi connectivity index (χ0n) is 11.5. The fourth-order valence-corrected chi connectivity index (χ4v) is 1.18. The normalized spacial score (nSPS) is 12.0. The molecular formula is C13H13F4NO3. The molecule has 0 aromatic heterocycles. The molecule has 0 aliphatic heterocycles. The number of hydrogen-bond acceptors (Lipinski definition) is 3. The van der Waals surface area contributed by atoms with E-state index in [0.717, 1.165) is 0 Å². The lowest BCUT2D eigenvalue weighted by atomic mass is 9.98. The minimum absolute atomic E-state index is 0.343. The van der Waals surface area contributed by atoms with Crippen LogP contribution in [0.2, 0.25) is 0 Å². The van der Waals surface area contributed by atoms with Crippen molar-refractivity contribution in [3.8, 4) is 0 Å². The molecule has 1 rings (SSSR count). The number of nitrogens with one attached hydrogen (secondary N) is 1. The molecule has 0 fully saturated rings.